The number of carbonyl (C=O) groups excluding carboxylic acids is 1. The zero-order valence-corrected chi connectivity index (χ0v) is 26.7. The van der Waals surface area contributed by atoms with Crippen molar-refractivity contribution in [1.82, 2.24) is 4.90 Å². The van der Waals surface area contributed by atoms with E-state index in [4.69, 9.17) is 4.74 Å². The third kappa shape index (κ3) is 4.88. The molecule has 5 aromatic rings. The van der Waals surface area contributed by atoms with E-state index in [1.807, 2.05) is 36.4 Å². The van der Waals surface area contributed by atoms with Gasteiger partial charge in [-0.3, -0.25) is 4.90 Å². The Kier molecular flexibility index (Phi) is 7.33. The van der Waals surface area contributed by atoms with Crippen molar-refractivity contribution >= 4 is 5.97 Å². The maximum Gasteiger partial charge on any atom is 0.416 e. The summed E-state index contributed by atoms with van der Waals surface area (Å²) in [6, 6.07) is 43.5. The van der Waals surface area contributed by atoms with Crippen LogP contribution in [0.3, 0.4) is 0 Å². The van der Waals surface area contributed by atoms with Crippen LogP contribution >= 0.6 is 0 Å². The van der Waals surface area contributed by atoms with Crippen LogP contribution in [-0.2, 0) is 22.9 Å². The Hall–Kier alpha value is -4.68. The van der Waals surface area contributed by atoms with Crippen LogP contribution in [0.4, 0.5) is 13.2 Å². The summed E-state index contributed by atoms with van der Waals surface area (Å²) in [6.07, 6.45) is -2.61. The lowest BCUT2D eigenvalue weighted by Crippen LogP contribution is -2.47. The van der Waals surface area contributed by atoms with Crippen LogP contribution in [0.15, 0.2) is 133 Å². The normalized spacial score (nSPS) is 26.1. The number of hydrogen-bond acceptors (Lipinski definition) is 3. The quantitative estimate of drug-likeness (QED) is 0.165. The first kappa shape index (κ1) is 30.6. The molecule has 3 nitrogen and oxygen atoms in total. The molecule has 9 rings (SSSR count). The zero-order valence-electron chi connectivity index (χ0n) is 26.7. The molecule has 3 aliphatic carbocycles. The van der Waals surface area contributed by atoms with E-state index in [0.29, 0.717) is 5.56 Å². The first-order valence-corrected chi connectivity index (χ1v) is 16.5. The maximum absolute atomic E-state index is 13.7. The molecule has 1 heterocycles. The van der Waals surface area contributed by atoms with Crippen LogP contribution in [0.2, 0.25) is 0 Å². The van der Waals surface area contributed by atoms with Gasteiger partial charge in [0.15, 0.2) is 0 Å². The van der Waals surface area contributed by atoms with Gasteiger partial charge in [-0.2, -0.15) is 13.2 Å². The first-order chi connectivity index (χ1) is 23.2. The van der Waals surface area contributed by atoms with Gasteiger partial charge in [0, 0.05) is 24.5 Å². The molecule has 0 N–H and O–H groups in total. The van der Waals surface area contributed by atoms with E-state index in [-0.39, 0.29) is 28.7 Å². The fraction of sp³-hybridized carbons (Fsp3) is 0.262. The van der Waals surface area contributed by atoms with E-state index >= 15 is 0 Å². The van der Waals surface area contributed by atoms with E-state index < -0.39 is 17.7 Å². The number of benzene rings is 5. The molecule has 4 aliphatic rings. The highest BCUT2D eigenvalue weighted by Gasteiger charge is 2.77. The largest absolute Gasteiger partial charge is 0.465 e. The van der Waals surface area contributed by atoms with Crippen LogP contribution in [0, 0.1) is 11.3 Å². The summed E-state index contributed by atoms with van der Waals surface area (Å²) in [7, 11) is 1.38. The SMILES string of the molecule is COC(=O)c1cccc(C23CC4(C2)[C@H](CN(Cc2ccc(-c5ccccc5)cc2)[C@@H]4c2ccccc2)C3c2ccc(C(F)(F)F)cc2)c1. The Balaban J connectivity index is 1.20. The van der Waals surface area contributed by atoms with E-state index in [0.717, 1.165) is 37.1 Å². The Morgan fingerprint density at radius 3 is 2.06 bits per heavy atom. The van der Waals surface area contributed by atoms with Gasteiger partial charge >= 0.3 is 12.1 Å². The highest BCUT2D eigenvalue weighted by Crippen LogP contribution is 2.82. The number of halogens is 3. The molecule has 3 atom stereocenters. The lowest BCUT2D eigenvalue weighted by molar-refractivity contribution is -0.137. The summed E-state index contributed by atoms with van der Waals surface area (Å²) >= 11 is 0. The van der Waals surface area contributed by atoms with E-state index in [1.54, 1.807) is 18.2 Å². The van der Waals surface area contributed by atoms with Gasteiger partial charge < -0.3 is 4.74 Å². The zero-order chi connectivity index (χ0) is 33.1. The summed E-state index contributed by atoms with van der Waals surface area (Å²) in [5.74, 6) is -0.188. The Labute approximate surface area is 279 Å². The van der Waals surface area contributed by atoms with Gasteiger partial charge in [-0.1, -0.05) is 109 Å². The molecule has 3 saturated carbocycles. The van der Waals surface area contributed by atoms with Gasteiger partial charge in [-0.25, -0.2) is 4.79 Å². The third-order valence-corrected chi connectivity index (χ3v) is 11.4. The number of methoxy groups -OCH3 is 1. The fourth-order valence-electron chi connectivity index (χ4n) is 9.62. The van der Waals surface area contributed by atoms with Crippen LogP contribution in [0.25, 0.3) is 11.1 Å². The number of esters is 1. The molecular weight excluding hydrogens is 607 g/mol. The van der Waals surface area contributed by atoms with Crippen LogP contribution < -0.4 is 0 Å². The summed E-state index contributed by atoms with van der Waals surface area (Å²) in [5.41, 5.74) is 6.34. The third-order valence-electron chi connectivity index (χ3n) is 11.4. The van der Waals surface area contributed by atoms with Crippen molar-refractivity contribution < 1.29 is 22.7 Å². The minimum atomic E-state index is -4.40. The Morgan fingerprint density at radius 1 is 0.771 bits per heavy atom. The minimum Gasteiger partial charge on any atom is -0.465 e. The topological polar surface area (TPSA) is 29.5 Å². The predicted molar refractivity (Wildman–Crippen MR) is 180 cm³/mol. The van der Waals surface area contributed by atoms with E-state index in [9.17, 15) is 18.0 Å². The number of rotatable bonds is 7. The molecule has 1 unspecified atom stereocenters. The van der Waals surface area contributed by atoms with Crippen molar-refractivity contribution in [2.24, 2.45) is 11.3 Å². The predicted octanol–water partition coefficient (Wildman–Crippen LogP) is 9.85. The molecule has 0 amide bonds. The molecule has 0 radical (unpaired) electrons. The van der Waals surface area contributed by atoms with Crippen LogP contribution in [-0.4, -0.2) is 24.5 Å². The first-order valence-electron chi connectivity index (χ1n) is 16.5. The van der Waals surface area contributed by atoms with Crippen molar-refractivity contribution in [3.05, 3.63) is 167 Å². The van der Waals surface area contributed by atoms with Gasteiger partial charge in [0.1, 0.15) is 0 Å². The molecule has 1 aliphatic heterocycles. The minimum absolute atomic E-state index is 0.00986. The maximum atomic E-state index is 13.7. The average molecular weight is 644 g/mol. The standard InChI is InChI=1S/C42H36F3NO2/c1-48-39(47)33-13-8-14-35(23-33)40-26-41(27-40)36(37(40)31-19-21-34(22-20-31)42(43,44)45)25-46(38(41)32-11-6-3-7-12-32)24-28-15-17-30(18-16-28)29-9-4-2-5-10-29/h2-23,36-38H,24-27H2,1H3/t36-,37?,38-,40?,41?/m1/s1. The number of carbonyl (C=O) groups is 1. The number of likely N-dealkylation sites (tertiary alicyclic amines) is 1. The molecular formula is C42H36F3NO2. The summed E-state index contributed by atoms with van der Waals surface area (Å²) in [6.45, 7) is 1.60. The van der Waals surface area contributed by atoms with Gasteiger partial charge in [0.25, 0.3) is 0 Å². The van der Waals surface area contributed by atoms with E-state index in [2.05, 4.69) is 71.6 Å². The second-order valence-corrected chi connectivity index (χ2v) is 13.8. The van der Waals surface area contributed by atoms with Crippen LogP contribution in [0.1, 0.15) is 63.0 Å². The molecule has 5 aromatic carbocycles. The van der Waals surface area contributed by atoms with Gasteiger partial charge in [-0.15, -0.1) is 0 Å². The van der Waals surface area contributed by atoms with Crippen molar-refractivity contribution in [2.45, 2.75) is 42.9 Å². The smallest absolute Gasteiger partial charge is 0.416 e. The highest BCUT2D eigenvalue weighted by atomic mass is 19.4. The molecule has 4 fully saturated rings. The molecule has 2 bridgehead atoms. The summed E-state index contributed by atoms with van der Waals surface area (Å²) < 4.78 is 46.0. The van der Waals surface area contributed by atoms with Crippen molar-refractivity contribution in [2.75, 3.05) is 13.7 Å². The fourth-order valence-corrected chi connectivity index (χ4v) is 9.62. The van der Waals surface area contributed by atoms with Crippen molar-refractivity contribution in [3.8, 4) is 11.1 Å². The molecule has 0 aromatic heterocycles. The van der Waals surface area contributed by atoms with Gasteiger partial charge in [0.05, 0.1) is 18.2 Å². The molecule has 48 heavy (non-hydrogen) atoms. The molecule has 6 heteroatoms. The lowest BCUT2D eigenvalue weighted by Gasteiger charge is -2.53. The highest BCUT2D eigenvalue weighted by molar-refractivity contribution is 5.89. The number of alkyl halides is 3. The second kappa shape index (κ2) is 11.5. The Bertz CT molecular complexity index is 1930. The monoisotopic (exact) mass is 643 g/mol. The number of ether oxygens (including phenoxy) is 1. The Morgan fingerprint density at radius 2 is 1.42 bits per heavy atom. The van der Waals surface area contributed by atoms with Gasteiger partial charge in [0.2, 0.25) is 0 Å². The molecule has 242 valence electrons. The number of hydrogen-bond donors (Lipinski definition) is 0. The van der Waals surface area contributed by atoms with Crippen molar-refractivity contribution in [3.63, 3.8) is 0 Å². The summed E-state index contributed by atoms with van der Waals surface area (Å²) in [5, 5.41) is 0. The average Bonchev–Trinajstić information content (AvgIpc) is 3.67. The van der Waals surface area contributed by atoms with E-state index in [1.165, 1.54) is 41.5 Å². The van der Waals surface area contributed by atoms with Gasteiger partial charge in [-0.05, 0) is 87.7 Å². The van der Waals surface area contributed by atoms with Crippen LogP contribution in [0.5, 0.6) is 0 Å². The molecule has 1 saturated heterocycles. The molecule has 1 spiro atoms. The summed E-state index contributed by atoms with van der Waals surface area (Å²) in [4.78, 5) is 15.2. The van der Waals surface area contributed by atoms with Crippen molar-refractivity contribution in [1.29, 1.82) is 0 Å². The lowest BCUT2D eigenvalue weighted by atomic mass is 9.52. The number of nitrogens with zero attached hydrogens (tertiary/aromatic N) is 1. The second-order valence-electron chi connectivity index (χ2n) is 13.8.